The van der Waals surface area contributed by atoms with Gasteiger partial charge in [0.05, 0.1) is 26.2 Å². The number of quaternary nitrogens is 1. The number of halogens is 1. The molecular formula is C21H44BrN3O2. The minimum Gasteiger partial charge on any atom is -1.00 e. The van der Waals surface area contributed by atoms with Crippen molar-refractivity contribution in [3.63, 3.8) is 0 Å². The minimum absolute atomic E-state index is 0. The molecule has 1 aliphatic rings. The quantitative estimate of drug-likeness (QED) is 0.385. The van der Waals surface area contributed by atoms with Gasteiger partial charge in [-0.25, -0.2) is 0 Å². The van der Waals surface area contributed by atoms with E-state index in [2.05, 4.69) is 26.1 Å². The Kier molecular flexibility index (Phi) is 11.1. The Morgan fingerprint density at radius 2 is 1.48 bits per heavy atom. The zero-order valence-corrected chi connectivity index (χ0v) is 20.4. The van der Waals surface area contributed by atoms with E-state index in [1.165, 1.54) is 42.1 Å². The molecule has 0 unspecified atom stereocenters. The molecule has 1 fully saturated rings. The van der Waals surface area contributed by atoms with E-state index >= 15 is 0 Å². The number of nitrogens with one attached hydrogen (secondary N) is 1. The second kappa shape index (κ2) is 11.1. The zero-order chi connectivity index (χ0) is 20.0. The predicted octanol–water partition coefficient (Wildman–Crippen LogP) is 0.954. The number of hydrogen-bond acceptors (Lipinski definition) is 3. The molecule has 27 heavy (non-hydrogen) atoms. The molecule has 0 aromatic rings. The molecule has 0 aromatic heterocycles. The van der Waals surface area contributed by atoms with Gasteiger partial charge in [-0.3, -0.25) is 4.79 Å². The number of hydroxylamine groups is 2. The Morgan fingerprint density at radius 1 is 1.00 bits per heavy atom. The number of unbranched alkanes of at least 4 members (excludes halogenated alkanes) is 2. The van der Waals surface area contributed by atoms with Crippen LogP contribution in [-0.2, 0) is 4.79 Å². The van der Waals surface area contributed by atoms with Crippen LogP contribution in [0.15, 0.2) is 0 Å². The molecule has 1 aliphatic heterocycles. The number of carbonyl (C=O) groups is 1. The van der Waals surface area contributed by atoms with Gasteiger partial charge < -0.3 is 32.0 Å². The van der Waals surface area contributed by atoms with Crippen LogP contribution in [0.5, 0.6) is 0 Å². The second-order valence-corrected chi connectivity index (χ2v) is 9.43. The van der Waals surface area contributed by atoms with Crippen LogP contribution < -0.4 is 22.3 Å². The van der Waals surface area contributed by atoms with Crippen molar-refractivity contribution >= 4 is 5.91 Å². The summed E-state index contributed by atoms with van der Waals surface area (Å²) in [5.41, 5.74) is -0.636. The van der Waals surface area contributed by atoms with E-state index in [0.29, 0.717) is 6.42 Å². The van der Waals surface area contributed by atoms with Gasteiger partial charge in [-0.2, -0.15) is 5.06 Å². The third-order valence-electron chi connectivity index (χ3n) is 6.55. The maximum Gasteiger partial charge on any atom is 0.220 e. The molecule has 1 amide bonds. The number of nitrogens with zero attached hydrogens (tertiary/aromatic N) is 2. The largest absolute Gasteiger partial charge is 1.00 e. The molecule has 0 aromatic carbocycles. The minimum atomic E-state index is -0.318. The Labute approximate surface area is 178 Å². The molecular weight excluding hydrogens is 406 g/mol. The van der Waals surface area contributed by atoms with Crippen LogP contribution in [-0.4, -0.2) is 64.0 Å². The highest BCUT2D eigenvalue weighted by Crippen LogP contribution is 2.36. The van der Waals surface area contributed by atoms with Gasteiger partial charge in [-0.05, 0) is 80.6 Å². The lowest BCUT2D eigenvalue weighted by molar-refractivity contribution is -0.923. The molecule has 1 heterocycles. The lowest BCUT2D eigenvalue weighted by Gasteiger charge is -2.51. The summed E-state index contributed by atoms with van der Waals surface area (Å²) in [6, 6.07) is 0.139. The van der Waals surface area contributed by atoms with E-state index in [4.69, 9.17) is 0 Å². The number of amides is 1. The summed E-state index contributed by atoms with van der Waals surface area (Å²) in [7, 11) is 0. The predicted molar refractivity (Wildman–Crippen MR) is 108 cm³/mol. The first-order valence-corrected chi connectivity index (χ1v) is 10.7. The summed E-state index contributed by atoms with van der Waals surface area (Å²) in [4.78, 5) is 12.4. The summed E-state index contributed by atoms with van der Waals surface area (Å²) in [5, 5.41) is 15.0. The Hall–Kier alpha value is -0.170. The van der Waals surface area contributed by atoms with E-state index in [1.54, 1.807) is 0 Å². The van der Waals surface area contributed by atoms with Gasteiger partial charge in [0.15, 0.2) is 0 Å². The summed E-state index contributed by atoms with van der Waals surface area (Å²) in [6.45, 7) is 19.8. The third-order valence-corrected chi connectivity index (χ3v) is 6.55. The lowest BCUT2D eigenvalue weighted by Crippen LogP contribution is -3.00. The third kappa shape index (κ3) is 7.64. The van der Waals surface area contributed by atoms with Crippen molar-refractivity contribution in [1.29, 1.82) is 0 Å². The molecule has 1 rings (SSSR count). The summed E-state index contributed by atoms with van der Waals surface area (Å²) in [5.74, 6) is 0.162. The van der Waals surface area contributed by atoms with E-state index in [9.17, 15) is 10.0 Å². The van der Waals surface area contributed by atoms with Crippen LogP contribution in [0.25, 0.3) is 0 Å². The number of carbonyl (C=O) groups excluding carboxylic acids is 1. The Bertz CT molecular complexity index is 424. The van der Waals surface area contributed by atoms with Crippen molar-refractivity contribution in [3.8, 4) is 0 Å². The van der Waals surface area contributed by atoms with Gasteiger partial charge in [-0.1, -0.05) is 0 Å². The fraction of sp³-hybridized carbons (Fsp3) is 0.952. The summed E-state index contributed by atoms with van der Waals surface area (Å²) in [6.07, 6.45) is 5.47. The van der Waals surface area contributed by atoms with Crippen LogP contribution in [0, 0.1) is 0 Å². The zero-order valence-electron chi connectivity index (χ0n) is 18.8. The molecule has 0 bridgehead atoms. The van der Waals surface area contributed by atoms with Gasteiger partial charge in [0.2, 0.25) is 5.91 Å². The molecule has 1 saturated heterocycles. The van der Waals surface area contributed by atoms with E-state index < -0.39 is 0 Å². The summed E-state index contributed by atoms with van der Waals surface area (Å²) < 4.78 is 1.19. The van der Waals surface area contributed by atoms with Crippen molar-refractivity contribution < 1.29 is 31.5 Å². The highest BCUT2D eigenvalue weighted by atomic mass is 79.9. The maximum atomic E-state index is 12.4. The van der Waals surface area contributed by atoms with E-state index in [-0.39, 0.29) is 40.0 Å². The van der Waals surface area contributed by atoms with Crippen LogP contribution in [0.3, 0.4) is 0 Å². The SMILES string of the molecule is CC[N+](CC)(CC)CCCCCC(=O)NC1CC(C)(C)N(O)C(C)(C)C1.[Br-]. The van der Waals surface area contributed by atoms with Gasteiger partial charge in [0, 0.05) is 23.5 Å². The van der Waals surface area contributed by atoms with Gasteiger partial charge in [-0.15, -0.1) is 0 Å². The molecule has 0 spiro atoms. The normalized spacial score (nSPS) is 20.1. The number of rotatable bonds is 10. The highest BCUT2D eigenvalue weighted by molar-refractivity contribution is 5.76. The van der Waals surface area contributed by atoms with Gasteiger partial charge >= 0.3 is 0 Å². The molecule has 0 saturated carbocycles. The van der Waals surface area contributed by atoms with E-state index in [0.717, 1.165) is 25.7 Å². The molecule has 162 valence electrons. The average molecular weight is 451 g/mol. The van der Waals surface area contributed by atoms with Crippen molar-refractivity contribution in [2.75, 3.05) is 26.2 Å². The first kappa shape index (κ1) is 26.8. The van der Waals surface area contributed by atoms with Crippen LogP contribution in [0.2, 0.25) is 0 Å². The Balaban J connectivity index is 0.00000676. The Morgan fingerprint density at radius 3 is 1.93 bits per heavy atom. The molecule has 0 aliphatic carbocycles. The van der Waals surface area contributed by atoms with Crippen molar-refractivity contribution in [3.05, 3.63) is 0 Å². The van der Waals surface area contributed by atoms with Gasteiger partial charge in [0.25, 0.3) is 0 Å². The molecule has 0 radical (unpaired) electrons. The van der Waals surface area contributed by atoms with Crippen molar-refractivity contribution in [2.45, 2.75) is 104 Å². The van der Waals surface area contributed by atoms with Crippen LogP contribution in [0.1, 0.15) is 87.0 Å². The lowest BCUT2D eigenvalue weighted by atomic mass is 9.79. The second-order valence-electron chi connectivity index (χ2n) is 9.43. The van der Waals surface area contributed by atoms with Crippen molar-refractivity contribution in [1.82, 2.24) is 10.4 Å². The maximum absolute atomic E-state index is 12.4. The first-order valence-electron chi connectivity index (χ1n) is 10.7. The number of piperidine rings is 1. The monoisotopic (exact) mass is 449 g/mol. The van der Waals surface area contributed by atoms with Crippen molar-refractivity contribution in [2.24, 2.45) is 0 Å². The molecule has 0 atom stereocenters. The topological polar surface area (TPSA) is 52.6 Å². The highest BCUT2D eigenvalue weighted by Gasteiger charge is 2.45. The smallest absolute Gasteiger partial charge is 0.220 e. The number of hydrogen-bond donors (Lipinski definition) is 2. The standard InChI is InChI=1S/C21H43N3O2.BrH/c1-8-24(9-2,10-3)15-13-11-12-14-19(25)22-18-16-20(4,5)23(26)21(6,7)17-18;/h18,26H,8-17H2,1-7H3;1H. The van der Waals surface area contributed by atoms with Crippen LogP contribution >= 0.6 is 0 Å². The molecule has 6 heteroatoms. The fourth-order valence-corrected chi connectivity index (χ4v) is 4.73. The van der Waals surface area contributed by atoms with Gasteiger partial charge in [0.1, 0.15) is 0 Å². The van der Waals surface area contributed by atoms with E-state index in [1.807, 2.05) is 27.7 Å². The first-order chi connectivity index (χ1) is 12.0. The fourth-order valence-electron chi connectivity index (χ4n) is 4.73. The molecule has 2 N–H and O–H groups in total. The summed E-state index contributed by atoms with van der Waals surface area (Å²) >= 11 is 0. The van der Waals surface area contributed by atoms with Crippen LogP contribution in [0.4, 0.5) is 0 Å². The average Bonchev–Trinajstić information content (AvgIpc) is 2.56. The molecule has 5 nitrogen and oxygen atoms in total.